The molecule has 0 heterocycles. The summed E-state index contributed by atoms with van der Waals surface area (Å²) in [6, 6.07) is 13.1. The third kappa shape index (κ3) is 5.66. The number of nitrogens with one attached hydrogen (secondary N) is 2. The minimum Gasteiger partial charge on any atom is -0.376 e. The Morgan fingerprint density at radius 2 is 1.79 bits per heavy atom. The number of hydrogen-bond acceptors (Lipinski definition) is 4. The van der Waals surface area contributed by atoms with Gasteiger partial charge >= 0.3 is 0 Å². The molecule has 0 atom stereocenters. The van der Waals surface area contributed by atoms with Gasteiger partial charge in [0.1, 0.15) is 0 Å². The Bertz CT molecular complexity index is 721. The summed E-state index contributed by atoms with van der Waals surface area (Å²) in [7, 11) is 0. The SMILES string of the molecule is CC(=O)c1cccc(NCC(=O)Nc2ccc(SC(F)F)cc2)c1. The highest BCUT2D eigenvalue weighted by Crippen LogP contribution is 2.26. The van der Waals surface area contributed by atoms with Crippen LogP contribution in [-0.4, -0.2) is 24.0 Å². The molecule has 0 aliphatic carbocycles. The molecule has 0 saturated heterocycles. The maximum absolute atomic E-state index is 12.2. The van der Waals surface area contributed by atoms with Gasteiger partial charge in [-0.1, -0.05) is 23.9 Å². The van der Waals surface area contributed by atoms with Crippen LogP contribution in [0, 0.1) is 0 Å². The van der Waals surface area contributed by atoms with Crippen LogP contribution < -0.4 is 10.6 Å². The topological polar surface area (TPSA) is 58.2 Å². The molecule has 0 bridgehead atoms. The molecule has 7 heteroatoms. The van der Waals surface area contributed by atoms with E-state index < -0.39 is 5.76 Å². The maximum atomic E-state index is 12.2. The van der Waals surface area contributed by atoms with Crippen molar-refractivity contribution in [2.24, 2.45) is 0 Å². The molecule has 0 radical (unpaired) electrons. The van der Waals surface area contributed by atoms with Crippen LogP contribution in [0.4, 0.5) is 20.2 Å². The predicted octanol–water partition coefficient (Wildman–Crippen LogP) is 4.25. The third-order valence-electron chi connectivity index (χ3n) is 3.09. The molecule has 126 valence electrons. The van der Waals surface area contributed by atoms with E-state index in [9.17, 15) is 18.4 Å². The second kappa shape index (κ2) is 8.44. The number of carbonyl (C=O) groups excluding carboxylic acids is 2. The van der Waals surface area contributed by atoms with Crippen LogP contribution in [0.5, 0.6) is 0 Å². The molecule has 0 unspecified atom stereocenters. The normalized spacial score (nSPS) is 10.5. The van der Waals surface area contributed by atoms with Gasteiger partial charge in [-0.2, -0.15) is 8.78 Å². The maximum Gasteiger partial charge on any atom is 0.288 e. The summed E-state index contributed by atoms with van der Waals surface area (Å²) in [4.78, 5) is 23.6. The van der Waals surface area contributed by atoms with Gasteiger partial charge in [0.05, 0.1) is 6.54 Å². The van der Waals surface area contributed by atoms with Gasteiger partial charge in [-0.05, 0) is 43.3 Å². The molecule has 2 aromatic carbocycles. The molecule has 0 aliphatic heterocycles. The lowest BCUT2D eigenvalue weighted by atomic mass is 10.1. The van der Waals surface area contributed by atoms with Gasteiger partial charge in [-0.3, -0.25) is 9.59 Å². The van der Waals surface area contributed by atoms with Crippen molar-refractivity contribution in [2.45, 2.75) is 17.6 Å². The summed E-state index contributed by atoms with van der Waals surface area (Å²) in [6.07, 6.45) is 0. The van der Waals surface area contributed by atoms with Crippen LogP contribution in [-0.2, 0) is 4.79 Å². The predicted molar refractivity (Wildman–Crippen MR) is 91.9 cm³/mol. The number of benzene rings is 2. The zero-order valence-corrected chi connectivity index (χ0v) is 13.7. The minimum atomic E-state index is -2.47. The molecule has 2 aromatic rings. The van der Waals surface area contributed by atoms with E-state index in [2.05, 4.69) is 10.6 Å². The van der Waals surface area contributed by atoms with E-state index >= 15 is 0 Å². The number of ketones is 1. The molecule has 2 N–H and O–H groups in total. The lowest BCUT2D eigenvalue weighted by Crippen LogP contribution is -2.21. The molecule has 0 aliphatic rings. The van der Waals surface area contributed by atoms with Crippen LogP contribution in [0.2, 0.25) is 0 Å². The Labute approximate surface area is 142 Å². The first-order valence-electron chi connectivity index (χ1n) is 7.13. The Balaban J connectivity index is 1.87. The standard InChI is InChI=1S/C17H16F2N2O2S/c1-11(22)12-3-2-4-14(9-12)20-10-16(23)21-13-5-7-15(8-6-13)24-17(18)19/h2-9,17,20H,10H2,1H3,(H,21,23). The summed E-state index contributed by atoms with van der Waals surface area (Å²) < 4.78 is 24.5. The quantitative estimate of drug-likeness (QED) is 0.579. The van der Waals surface area contributed by atoms with Crippen LogP contribution in [0.1, 0.15) is 17.3 Å². The number of carbonyl (C=O) groups is 2. The molecular formula is C17H16F2N2O2S. The van der Waals surface area contributed by atoms with Crippen LogP contribution >= 0.6 is 11.8 Å². The highest BCUT2D eigenvalue weighted by Gasteiger charge is 2.07. The summed E-state index contributed by atoms with van der Waals surface area (Å²) >= 11 is 0.451. The summed E-state index contributed by atoms with van der Waals surface area (Å²) in [5, 5.41) is 5.59. The van der Waals surface area contributed by atoms with Gasteiger partial charge in [-0.15, -0.1) is 0 Å². The van der Waals surface area contributed by atoms with Crippen LogP contribution in [0.25, 0.3) is 0 Å². The first kappa shape index (κ1) is 17.9. The monoisotopic (exact) mass is 350 g/mol. The van der Waals surface area contributed by atoms with Gasteiger partial charge in [-0.25, -0.2) is 0 Å². The van der Waals surface area contributed by atoms with Crippen molar-refractivity contribution in [3.05, 3.63) is 54.1 Å². The van der Waals surface area contributed by atoms with Crippen molar-refractivity contribution < 1.29 is 18.4 Å². The van der Waals surface area contributed by atoms with E-state index in [0.29, 0.717) is 33.6 Å². The fraction of sp³-hybridized carbons (Fsp3) is 0.176. The number of Topliss-reactive ketones (excluding diaryl/α,β-unsaturated/α-hetero) is 1. The van der Waals surface area contributed by atoms with E-state index in [4.69, 9.17) is 0 Å². The Morgan fingerprint density at radius 1 is 1.08 bits per heavy atom. The zero-order chi connectivity index (χ0) is 17.5. The number of alkyl halides is 2. The third-order valence-corrected chi connectivity index (χ3v) is 3.81. The average molecular weight is 350 g/mol. The van der Waals surface area contributed by atoms with Crippen molar-refractivity contribution in [1.29, 1.82) is 0 Å². The van der Waals surface area contributed by atoms with E-state index in [1.165, 1.54) is 19.1 Å². The van der Waals surface area contributed by atoms with Gasteiger partial charge in [0.15, 0.2) is 5.78 Å². The van der Waals surface area contributed by atoms with Crippen molar-refractivity contribution in [2.75, 3.05) is 17.2 Å². The molecule has 0 aromatic heterocycles. The fourth-order valence-electron chi connectivity index (χ4n) is 1.96. The van der Waals surface area contributed by atoms with E-state index in [1.807, 2.05) is 0 Å². The second-order valence-corrected chi connectivity index (χ2v) is 6.01. The molecule has 0 spiro atoms. The van der Waals surface area contributed by atoms with E-state index in [1.54, 1.807) is 36.4 Å². The van der Waals surface area contributed by atoms with Crippen molar-refractivity contribution in [3.8, 4) is 0 Å². The summed E-state index contributed by atoms with van der Waals surface area (Å²) in [5.74, 6) is -2.80. The lowest BCUT2D eigenvalue weighted by Gasteiger charge is -2.09. The molecule has 0 saturated carbocycles. The zero-order valence-electron chi connectivity index (χ0n) is 12.9. The number of anilines is 2. The highest BCUT2D eigenvalue weighted by atomic mass is 32.2. The van der Waals surface area contributed by atoms with E-state index in [-0.39, 0.29) is 18.2 Å². The van der Waals surface area contributed by atoms with Crippen molar-refractivity contribution in [3.63, 3.8) is 0 Å². The molecule has 2 rings (SSSR count). The van der Waals surface area contributed by atoms with Crippen LogP contribution in [0.15, 0.2) is 53.4 Å². The first-order chi connectivity index (χ1) is 11.4. The molecule has 24 heavy (non-hydrogen) atoms. The van der Waals surface area contributed by atoms with Crippen molar-refractivity contribution >= 4 is 34.8 Å². The van der Waals surface area contributed by atoms with Gasteiger partial charge in [0, 0.05) is 21.8 Å². The number of halogens is 2. The number of hydrogen-bond donors (Lipinski definition) is 2. The van der Waals surface area contributed by atoms with Gasteiger partial charge in [0.25, 0.3) is 5.76 Å². The summed E-state index contributed by atoms with van der Waals surface area (Å²) in [5.41, 5.74) is 1.76. The molecule has 4 nitrogen and oxygen atoms in total. The average Bonchev–Trinajstić information content (AvgIpc) is 2.54. The Hall–Kier alpha value is -2.41. The number of amides is 1. The fourth-order valence-corrected chi connectivity index (χ4v) is 2.45. The summed E-state index contributed by atoms with van der Waals surface area (Å²) in [6.45, 7) is 1.50. The molecule has 1 amide bonds. The number of thioether (sulfide) groups is 1. The van der Waals surface area contributed by atoms with E-state index in [0.717, 1.165) is 0 Å². The Kier molecular flexibility index (Phi) is 6.31. The van der Waals surface area contributed by atoms with Crippen LogP contribution in [0.3, 0.4) is 0 Å². The minimum absolute atomic E-state index is 0.0227. The van der Waals surface area contributed by atoms with Gasteiger partial charge in [0.2, 0.25) is 5.91 Å². The molecular weight excluding hydrogens is 334 g/mol. The smallest absolute Gasteiger partial charge is 0.288 e. The van der Waals surface area contributed by atoms with Gasteiger partial charge < -0.3 is 10.6 Å². The van der Waals surface area contributed by atoms with Crippen molar-refractivity contribution in [1.82, 2.24) is 0 Å². The molecule has 0 fully saturated rings. The Morgan fingerprint density at radius 3 is 2.42 bits per heavy atom. The first-order valence-corrected chi connectivity index (χ1v) is 8.01. The second-order valence-electron chi connectivity index (χ2n) is 4.94. The largest absolute Gasteiger partial charge is 0.376 e. The lowest BCUT2D eigenvalue weighted by molar-refractivity contribution is -0.114. The highest BCUT2D eigenvalue weighted by molar-refractivity contribution is 7.99. The number of rotatable bonds is 7.